The number of carbonyl (C=O) groups excluding carboxylic acids is 1. The number of ether oxygens (including phenoxy) is 1. The van der Waals surface area contributed by atoms with Crippen LogP contribution in [0.5, 0.6) is 0 Å². The predicted molar refractivity (Wildman–Crippen MR) is 97.0 cm³/mol. The van der Waals surface area contributed by atoms with E-state index in [4.69, 9.17) is 4.74 Å². The fourth-order valence-corrected chi connectivity index (χ4v) is 3.90. The van der Waals surface area contributed by atoms with Gasteiger partial charge < -0.3 is 4.74 Å². The summed E-state index contributed by atoms with van der Waals surface area (Å²) >= 11 is -2.18. The molecule has 3 rings (SSSR count). The monoisotopic (exact) mass is 376 g/mol. The fourth-order valence-electron chi connectivity index (χ4n) is 3.14. The van der Waals surface area contributed by atoms with Gasteiger partial charge in [-0.05, 0) is 49.1 Å². The highest BCUT2D eigenvalue weighted by Gasteiger charge is 2.28. The number of carbonyl (C=O) groups is 1. The molecule has 0 spiro atoms. The summed E-state index contributed by atoms with van der Waals surface area (Å²) in [6.07, 6.45) is 8.42. The normalized spacial score (nSPS) is 18.0. The molecular formula is C17H20N4O4S. The van der Waals surface area contributed by atoms with Crippen LogP contribution in [0, 0.1) is 0 Å². The molecule has 1 aliphatic rings. The van der Waals surface area contributed by atoms with Crippen LogP contribution < -0.4 is 4.31 Å². The Balaban J connectivity index is 1.83. The van der Waals surface area contributed by atoms with Crippen LogP contribution in [0.1, 0.15) is 25.7 Å². The van der Waals surface area contributed by atoms with E-state index in [9.17, 15) is 13.6 Å². The van der Waals surface area contributed by atoms with Crippen LogP contribution in [0.25, 0.3) is 5.69 Å². The van der Waals surface area contributed by atoms with Crippen molar-refractivity contribution in [3.63, 3.8) is 0 Å². The molecule has 0 bridgehead atoms. The van der Waals surface area contributed by atoms with E-state index in [1.54, 1.807) is 36.7 Å². The standard InChI is InChI=1S/C17H20N4O4S/c22-13-25-12-9-14-3-1-2-4-17(14)20(26(23)24)15-5-7-16(8-6-15)21-18-10-11-19-21/h3,5-8,10-11,13,17H,1-2,4,9,12H2,(H,23,24). The van der Waals surface area contributed by atoms with E-state index in [0.29, 0.717) is 18.6 Å². The minimum atomic E-state index is -2.18. The molecule has 0 amide bonds. The van der Waals surface area contributed by atoms with E-state index >= 15 is 0 Å². The Hall–Kier alpha value is -2.52. The lowest BCUT2D eigenvalue weighted by Gasteiger charge is -2.34. The largest absolute Gasteiger partial charge is 0.468 e. The van der Waals surface area contributed by atoms with Crippen LogP contribution >= 0.6 is 0 Å². The maximum Gasteiger partial charge on any atom is 0.293 e. The van der Waals surface area contributed by atoms with Crippen LogP contribution in [0.4, 0.5) is 5.69 Å². The van der Waals surface area contributed by atoms with Gasteiger partial charge in [0.15, 0.2) is 0 Å². The van der Waals surface area contributed by atoms with E-state index in [1.807, 2.05) is 0 Å². The summed E-state index contributed by atoms with van der Waals surface area (Å²) in [6, 6.07) is 6.95. The number of benzene rings is 1. The second-order valence-electron chi connectivity index (χ2n) is 5.83. The Morgan fingerprint density at radius 1 is 1.31 bits per heavy atom. The zero-order valence-electron chi connectivity index (χ0n) is 14.1. The van der Waals surface area contributed by atoms with Gasteiger partial charge in [0.2, 0.25) is 0 Å². The zero-order chi connectivity index (χ0) is 18.4. The van der Waals surface area contributed by atoms with Gasteiger partial charge in [0.25, 0.3) is 17.7 Å². The number of aromatic nitrogens is 3. The van der Waals surface area contributed by atoms with Crippen molar-refractivity contribution in [2.45, 2.75) is 31.7 Å². The second kappa shape index (κ2) is 8.72. The molecule has 0 saturated heterocycles. The number of hydrogen-bond acceptors (Lipinski definition) is 5. The molecule has 0 saturated carbocycles. The average Bonchev–Trinajstić information content (AvgIpc) is 3.18. The third kappa shape index (κ3) is 4.17. The van der Waals surface area contributed by atoms with Gasteiger partial charge in [0, 0.05) is 6.42 Å². The van der Waals surface area contributed by atoms with Crippen molar-refractivity contribution >= 4 is 23.4 Å². The first-order valence-electron chi connectivity index (χ1n) is 8.32. The summed E-state index contributed by atoms with van der Waals surface area (Å²) in [5.41, 5.74) is 2.41. The number of anilines is 1. The predicted octanol–water partition coefficient (Wildman–Crippen LogP) is 2.25. The SMILES string of the molecule is O=COCCC1=CCCCC1N(c1ccc(-n2nccn2)cc1)S(=O)O. The maximum absolute atomic E-state index is 12.1. The van der Waals surface area contributed by atoms with Crippen LogP contribution in [0.2, 0.25) is 0 Å². The molecule has 1 N–H and O–H groups in total. The molecule has 2 aromatic rings. The molecule has 1 aromatic carbocycles. The molecule has 1 aliphatic carbocycles. The molecule has 0 aliphatic heterocycles. The molecular weight excluding hydrogens is 356 g/mol. The zero-order valence-corrected chi connectivity index (χ0v) is 14.9. The molecule has 2 atom stereocenters. The first-order chi connectivity index (χ1) is 12.7. The van der Waals surface area contributed by atoms with Gasteiger partial charge >= 0.3 is 0 Å². The third-order valence-electron chi connectivity index (χ3n) is 4.30. The summed E-state index contributed by atoms with van der Waals surface area (Å²) < 4.78 is 28.3. The van der Waals surface area contributed by atoms with E-state index in [2.05, 4.69) is 16.3 Å². The van der Waals surface area contributed by atoms with Crippen molar-refractivity contribution in [1.82, 2.24) is 15.0 Å². The van der Waals surface area contributed by atoms with E-state index in [1.165, 1.54) is 9.10 Å². The van der Waals surface area contributed by atoms with Gasteiger partial charge in [-0.2, -0.15) is 15.0 Å². The third-order valence-corrected chi connectivity index (χ3v) is 5.10. The second-order valence-corrected chi connectivity index (χ2v) is 6.69. The highest BCUT2D eigenvalue weighted by Crippen LogP contribution is 2.31. The minimum Gasteiger partial charge on any atom is -0.468 e. The molecule has 0 radical (unpaired) electrons. The van der Waals surface area contributed by atoms with Crippen LogP contribution in [-0.2, 0) is 20.8 Å². The topological polar surface area (TPSA) is 97.5 Å². The average molecular weight is 376 g/mol. The minimum absolute atomic E-state index is 0.210. The van der Waals surface area contributed by atoms with Crippen molar-refractivity contribution in [3.8, 4) is 5.69 Å². The van der Waals surface area contributed by atoms with Gasteiger partial charge in [0.05, 0.1) is 36.4 Å². The molecule has 9 heteroatoms. The molecule has 1 heterocycles. The molecule has 2 unspecified atom stereocenters. The van der Waals surface area contributed by atoms with Gasteiger partial charge in [-0.3, -0.25) is 13.7 Å². The number of hydrogen-bond donors (Lipinski definition) is 1. The Morgan fingerprint density at radius 3 is 2.69 bits per heavy atom. The Bertz CT molecular complexity index is 777. The smallest absolute Gasteiger partial charge is 0.293 e. The Kier molecular flexibility index (Phi) is 6.13. The molecule has 8 nitrogen and oxygen atoms in total. The van der Waals surface area contributed by atoms with Crippen molar-refractivity contribution in [2.75, 3.05) is 10.9 Å². The van der Waals surface area contributed by atoms with Gasteiger partial charge in [-0.1, -0.05) is 6.08 Å². The highest BCUT2D eigenvalue weighted by atomic mass is 32.2. The summed E-state index contributed by atoms with van der Waals surface area (Å²) in [6.45, 7) is 0.685. The number of nitrogens with zero attached hydrogens (tertiary/aromatic N) is 4. The summed E-state index contributed by atoms with van der Waals surface area (Å²) in [5, 5.41) is 8.14. The van der Waals surface area contributed by atoms with Crippen LogP contribution in [-0.4, -0.2) is 42.9 Å². The Labute approximate surface area is 153 Å². The van der Waals surface area contributed by atoms with Crippen molar-refractivity contribution in [3.05, 3.63) is 48.3 Å². The van der Waals surface area contributed by atoms with Crippen molar-refractivity contribution < 1.29 is 18.3 Å². The maximum atomic E-state index is 12.1. The summed E-state index contributed by atoms with van der Waals surface area (Å²) in [4.78, 5) is 11.8. The van der Waals surface area contributed by atoms with Gasteiger partial charge in [-0.25, -0.2) is 4.21 Å². The molecule has 26 heavy (non-hydrogen) atoms. The summed E-state index contributed by atoms with van der Waals surface area (Å²) in [7, 11) is 0. The lowest BCUT2D eigenvalue weighted by molar-refractivity contribution is -0.128. The number of rotatable bonds is 8. The lowest BCUT2D eigenvalue weighted by atomic mass is 9.92. The fraction of sp³-hybridized carbons (Fsp3) is 0.353. The highest BCUT2D eigenvalue weighted by molar-refractivity contribution is 7.80. The van der Waals surface area contributed by atoms with Crippen molar-refractivity contribution in [2.24, 2.45) is 0 Å². The van der Waals surface area contributed by atoms with Crippen LogP contribution in [0.15, 0.2) is 48.3 Å². The van der Waals surface area contributed by atoms with Crippen molar-refractivity contribution in [1.29, 1.82) is 0 Å². The molecule has 1 aromatic heterocycles. The van der Waals surface area contributed by atoms with Crippen LogP contribution in [0.3, 0.4) is 0 Å². The van der Waals surface area contributed by atoms with E-state index in [0.717, 1.165) is 30.5 Å². The van der Waals surface area contributed by atoms with Gasteiger partial charge in [-0.15, -0.1) is 0 Å². The first-order valence-corrected chi connectivity index (χ1v) is 9.38. The first kappa shape index (κ1) is 18.3. The van der Waals surface area contributed by atoms with E-state index < -0.39 is 11.3 Å². The molecule has 138 valence electrons. The van der Waals surface area contributed by atoms with E-state index in [-0.39, 0.29) is 12.6 Å². The quantitative estimate of drug-likeness (QED) is 0.328. The van der Waals surface area contributed by atoms with Gasteiger partial charge in [0.1, 0.15) is 0 Å². The Morgan fingerprint density at radius 2 is 2.04 bits per heavy atom. The lowest BCUT2D eigenvalue weighted by Crippen LogP contribution is -2.39. The summed E-state index contributed by atoms with van der Waals surface area (Å²) in [5.74, 6) is 0. The number of allylic oxidation sites excluding steroid dienone is 1. The molecule has 0 fully saturated rings.